The van der Waals surface area contributed by atoms with E-state index in [1.165, 1.54) is 0 Å². The molecule has 0 radical (unpaired) electrons. The third-order valence-electron chi connectivity index (χ3n) is 2.44. The van der Waals surface area contributed by atoms with Gasteiger partial charge in [0, 0.05) is 11.4 Å². The molecule has 0 aromatic heterocycles. The van der Waals surface area contributed by atoms with Gasteiger partial charge in [0.05, 0.1) is 6.10 Å². The average molecular weight is 225 g/mol. The maximum atomic E-state index is 9.81. The van der Waals surface area contributed by atoms with Crippen LogP contribution in [0.4, 0.5) is 0 Å². The first-order chi connectivity index (χ1) is 7.13. The number of aliphatic hydroxyl groups is 1. The van der Waals surface area contributed by atoms with Gasteiger partial charge in [0.25, 0.3) is 0 Å². The van der Waals surface area contributed by atoms with E-state index < -0.39 is 0 Å². The van der Waals surface area contributed by atoms with Crippen LogP contribution < -0.4 is 0 Å². The highest BCUT2D eigenvalue weighted by Crippen LogP contribution is 2.19. The van der Waals surface area contributed by atoms with Crippen molar-refractivity contribution in [1.29, 1.82) is 0 Å². The highest BCUT2D eigenvalue weighted by Gasteiger charge is 2.08. The summed E-state index contributed by atoms with van der Waals surface area (Å²) < 4.78 is 0. The molecule has 82 valence electrons. The lowest BCUT2D eigenvalue weighted by molar-refractivity contribution is 0.174. The molecule has 0 spiro atoms. The Bertz CT molecular complexity index is 333. The monoisotopic (exact) mass is 224 g/mol. The molecule has 0 heterocycles. The van der Waals surface area contributed by atoms with E-state index >= 15 is 0 Å². The highest BCUT2D eigenvalue weighted by molar-refractivity contribution is 6.31. The van der Waals surface area contributed by atoms with Gasteiger partial charge in [-0.15, -0.1) is 0 Å². The smallest absolute Gasteiger partial charge is 0.0618 e. The second-order valence-corrected chi connectivity index (χ2v) is 4.16. The van der Waals surface area contributed by atoms with Crippen LogP contribution in [0.15, 0.2) is 36.4 Å². The zero-order valence-electron chi connectivity index (χ0n) is 9.04. The van der Waals surface area contributed by atoms with Crippen LogP contribution in [0, 0.1) is 0 Å². The van der Waals surface area contributed by atoms with Crippen molar-refractivity contribution in [1.82, 2.24) is 0 Å². The molecule has 0 bridgehead atoms. The molecular formula is C13H17ClO. The fourth-order valence-electron chi connectivity index (χ4n) is 1.47. The molecule has 15 heavy (non-hydrogen) atoms. The van der Waals surface area contributed by atoms with Crippen molar-refractivity contribution in [3.8, 4) is 0 Å². The van der Waals surface area contributed by atoms with E-state index in [1.807, 2.05) is 31.2 Å². The summed E-state index contributed by atoms with van der Waals surface area (Å²) in [4.78, 5) is 0. The third kappa shape index (κ3) is 4.06. The van der Waals surface area contributed by atoms with Gasteiger partial charge < -0.3 is 5.11 Å². The highest BCUT2D eigenvalue weighted by atomic mass is 35.5. The predicted molar refractivity (Wildman–Crippen MR) is 65.2 cm³/mol. The summed E-state index contributed by atoms with van der Waals surface area (Å²) in [5.74, 6) is 0. The topological polar surface area (TPSA) is 20.2 Å². The maximum absolute atomic E-state index is 9.81. The van der Waals surface area contributed by atoms with E-state index in [4.69, 9.17) is 11.6 Å². The molecule has 0 aliphatic carbocycles. The van der Waals surface area contributed by atoms with Crippen LogP contribution in [0.2, 0.25) is 5.02 Å². The van der Waals surface area contributed by atoms with Gasteiger partial charge >= 0.3 is 0 Å². The molecule has 0 aliphatic rings. The Morgan fingerprint density at radius 2 is 2.13 bits per heavy atom. The first-order valence-electron chi connectivity index (χ1n) is 5.21. The molecule has 1 rings (SSSR count). The van der Waals surface area contributed by atoms with E-state index in [0.29, 0.717) is 12.8 Å². The summed E-state index contributed by atoms with van der Waals surface area (Å²) in [5, 5.41) is 10.5. The minimum Gasteiger partial charge on any atom is -0.392 e. The van der Waals surface area contributed by atoms with Crippen molar-refractivity contribution in [2.45, 2.75) is 32.3 Å². The number of hydrogen-bond donors (Lipinski definition) is 1. The van der Waals surface area contributed by atoms with Gasteiger partial charge in [-0.3, -0.25) is 0 Å². The Morgan fingerprint density at radius 3 is 2.73 bits per heavy atom. The van der Waals surface area contributed by atoms with Gasteiger partial charge in [0.2, 0.25) is 0 Å². The minimum absolute atomic E-state index is 0.377. The van der Waals surface area contributed by atoms with Crippen LogP contribution in [-0.4, -0.2) is 11.2 Å². The van der Waals surface area contributed by atoms with Gasteiger partial charge in [0.15, 0.2) is 0 Å². The zero-order chi connectivity index (χ0) is 11.3. The lowest BCUT2D eigenvalue weighted by Gasteiger charge is -2.12. The SMILES string of the molecule is C=C(CC)CC(O)Cc1ccccc1Cl. The van der Waals surface area contributed by atoms with Crippen LogP contribution in [0.5, 0.6) is 0 Å². The summed E-state index contributed by atoms with van der Waals surface area (Å²) in [5.41, 5.74) is 2.07. The molecule has 1 aromatic carbocycles. The van der Waals surface area contributed by atoms with Crippen molar-refractivity contribution >= 4 is 11.6 Å². The Kier molecular flexibility index (Phi) is 4.86. The lowest BCUT2D eigenvalue weighted by atomic mass is 10.0. The summed E-state index contributed by atoms with van der Waals surface area (Å²) in [7, 11) is 0. The predicted octanol–water partition coefficient (Wildman–Crippen LogP) is 3.60. The zero-order valence-corrected chi connectivity index (χ0v) is 9.80. The number of aliphatic hydroxyl groups excluding tert-OH is 1. The van der Waals surface area contributed by atoms with E-state index in [0.717, 1.165) is 22.6 Å². The molecule has 1 aromatic rings. The van der Waals surface area contributed by atoms with Crippen molar-refractivity contribution < 1.29 is 5.11 Å². The fraction of sp³-hybridized carbons (Fsp3) is 0.385. The van der Waals surface area contributed by atoms with Crippen molar-refractivity contribution in [3.05, 3.63) is 47.0 Å². The Balaban J connectivity index is 2.55. The van der Waals surface area contributed by atoms with Gasteiger partial charge in [-0.25, -0.2) is 0 Å². The van der Waals surface area contributed by atoms with Crippen molar-refractivity contribution in [2.75, 3.05) is 0 Å². The van der Waals surface area contributed by atoms with Crippen LogP contribution in [0.3, 0.4) is 0 Å². The quantitative estimate of drug-likeness (QED) is 0.758. The second kappa shape index (κ2) is 5.94. The van der Waals surface area contributed by atoms with E-state index in [-0.39, 0.29) is 6.10 Å². The van der Waals surface area contributed by atoms with E-state index in [1.54, 1.807) is 0 Å². The number of hydrogen-bond acceptors (Lipinski definition) is 1. The molecule has 1 N–H and O–H groups in total. The molecule has 1 atom stereocenters. The molecule has 0 aliphatic heterocycles. The summed E-state index contributed by atoms with van der Waals surface area (Å²) in [6.45, 7) is 5.93. The van der Waals surface area contributed by atoms with Gasteiger partial charge in [0.1, 0.15) is 0 Å². The molecule has 0 fully saturated rings. The van der Waals surface area contributed by atoms with Gasteiger partial charge in [-0.1, -0.05) is 48.9 Å². The Morgan fingerprint density at radius 1 is 1.47 bits per heavy atom. The van der Waals surface area contributed by atoms with Crippen LogP contribution in [0.25, 0.3) is 0 Å². The molecule has 1 unspecified atom stereocenters. The van der Waals surface area contributed by atoms with Crippen molar-refractivity contribution in [2.24, 2.45) is 0 Å². The molecule has 2 heteroatoms. The molecular weight excluding hydrogens is 208 g/mol. The normalized spacial score (nSPS) is 12.5. The van der Waals surface area contributed by atoms with Crippen LogP contribution >= 0.6 is 11.6 Å². The van der Waals surface area contributed by atoms with Crippen molar-refractivity contribution in [3.63, 3.8) is 0 Å². The lowest BCUT2D eigenvalue weighted by Crippen LogP contribution is -2.11. The first kappa shape index (κ1) is 12.3. The minimum atomic E-state index is -0.377. The second-order valence-electron chi connectivity index (χ2n) is 3.76. The Hall–Kier alpha value is -0.790. The Labute approximate surface area is 96.4 Å². The molecule has 0 amide bonds. The van der Waals surface area contributed by atoms with Gasteiger partial charge in [-0.05, 0) is 24.5 Å². The van der Waals surface area contributed by atoms with Gasteiger partial charge in [-0.2, -0.15) is 0 Å². The average Bonchev–Trinajstić information content (AvgIpc) is 2.21. The number of benzene rings is 1. The summed E-state index contributed by atoms with van der Waals surface area (Å²) in [6, 6.07) is 7.62. The largest absolute Gasteiger partial charge is 0.392 e. The first-order valence-corrected chi connectivity index (χ1v) is 5.59. The van der Waals surface area contributed by atoms with Crippen LogP contribution in [-0.2, 0) is 6.42 Å². The van der Waals surface area contributed by atoms with Crippen LogP contribution in [0.1, 0.15) is 25.3 Å². The maximum Gasteiger partial charge on any atom is 0.0618 e. The standard InChI is InChI=1S/C13H17ClO/c1-3-10(2)8-12(15)9-11-6-4-5-7-13(11)14/h4-7,12,15H,2-3,8-9H2,1H3. The number of halogens is 1. The molecule has 0 saturated carbocycles. The fourth-order valence-corrected chi connectivity index (χ4v) is 1.68. The van der Waals surface area contributed by atoms with E-state index in [9.17, 15) is 5.11 Å². The summed E-state index contributed by atoms with van der Waals surface area (Å²) in [6.07, 6.45) is 1.79. The van der Waals surface area contributed by atoms with E-state index in [2.05, 4.69) is 6.58 Å². The third-order valence-corrected chi connectivity index (χ3v) is 2.81. The molecule has 1 nitrogen and oxygen atoms in total. The summed E-state index contributed by atoms with van der Waals surface area (Å²) >= 11 is 6.01. The number of rotatable bonds is 5. The molecule has 0 saturated heterocycles.